The summed E-state index contributed by atoms with van der Waals surface area (Å²) in [6.07, 6.45) is 3.13. The van der Waals surface area contributed by atoms with Gasteiger partial charge < -0.3 is 4.98 Å². The summed E-state index contributed by atoms with van der Waals surface area (Å²) in [5, 5.41) is 0. The van der Waals surface area contributed by atoms with Crippen LogP contribution in [0.3, 0.4) is 0 Å². The van der Waals surface area contributed by atoms with E-state index in [-0.39, 0.29) is 18.2 Å². The van der Waals surface area contributed by atoms with Gasteiger partial charge in [0.15, 0.2) is 0 Å². The monoisotopic (exact) mass is 198 g/mol. The number of hydrogen-bond acceptors (Lipinski definition) is 1. The summed E-state index contributed by atoms with van der Waals surface area (Å²) in [7, 11) is 0. The highest BCUT2D eigenvalue weighted by atomic mass is 35.5. The Morgan fingerprint density at radius 2 is 2.00 bits per heavy atom. The van der Waals surface area contributed by atoms with Gasteiger partial charge in [0.1, 0.15) is 5.82 Å². The highest BCUT2D eigenvalue weighted by molar-refractivity contribution is 5.85. The van der Waals surface area contributed by atoms with E-state index in [0.717, 1.165) is 0 Å². The highest BCUT2D eigenvalue weighted by Crippen LogP contribution is 2.18. The van der Waals surface area contributed by atoms with E-state index >= 15 is 0 Å². The Kier molecular flexibility index (Phi) is 3.03. The van der Waals surface area contributed by atoms with E-state index in [1.165, 1.54) is 12.4 Å². The van der Waals surface area contributed by atoms with Crippen LogP contribution in [-0.2, 0) is 0 Å². The second kappa shape index (κ2) is 4.05. The Hall–Kier alpha value is -1.35. The number of hydrogen-bond donors (Lipinski definition) is 1. The first-order chi connectivity index (χ1) is 5.88. The number of benzene rings is 1. The van der Waals surface area contributed by atoms with Gasteiger partial charge in [-0.3, -0.25) is 0 Å². The molecule has 1 N–H and O–H groups in total. The molecule has 2 nitrogen and oxygen atoms in total. The second-order valence-corrected chi connectivity index (χ2v) is 2.45. The van der Waals surface area contributed by atoms with Crippen molar-refractivity contribution < 1.29 is 4.39 Å². The first-order valence-corrected chi connectivity index (χ1v) is 3.61. The molecule has 1 aromatic heterocycles. The molecule has 1 aromatic carbocycles. The Morgan fingerprint density at radius 3 is 2.62 bits per heavy atom. The first-order valence-electron chi connectivity index (χ1n) is 3.61. The zero-order valence-electron chi connectivity index (χ0n) is 6.70. The number of aromatic amines is 1. The Balaban J connectivity index is 0.000000845. The molecule has 2 aromatic rings. The quantitative estimate of drug-likeness (QED) is 0.750. The number of H-pyrrole nitrogens is 1. The zero-order chi connectivity index (χ0) is 8.39. The standard InChI is InChI=1S/C9H7FN2.ClH/c10-8-4-2-1-3-7(8)9-5-11-6-12-9;/h1-6H,(H,11,12);1H. The molecule has 2 rings (SSSR count). The van der Waals surface area contributed by atoms with Gasteiger partial charge in [0.2, 0.25) is 0 Å². The van der Waals surface area contributed by atoms with E-state index in [0.29, 0.717) is 11.3 Å². The SMILES string of the molecule is Cl.Fc1ccccc1-c1cnc[nH]1. The average molecular weight is 199 g/mol. The van der Waals surface area contributed by atoms with Crippen LogP contribution in [0.2, 0.25) is 0 Å². The molecule has 0 aliphatic carbocycles. The van der Waals surface area contributed by atoms with Gasteiger partial charge in [0.25, 0.3) is 0 Å². The summed E-state index contributed by atoms with van der Waals surface area (Å²) in [6, 6.07) is 6.59. The molecule has 0 saturated heterocycles. The molecule has 0 atom stereocenters. The highest BCUT2D eigenvalue weighted by Gasteiger charge is 2.03. The van der Waals surface area contributed by atoms with E-state index in [2.05, 4.69) is 9.97 Å². The van der Waals surface area contributed by atoms with E-state index in [4.69, 9.17) is 0 Å². The third-order valence-electron chi connectivity index (χ3n) is 1.66. The van der Waals surface area contributed by atoms with Crippen LogP contribution in [0.4, 0.5) is 4.39 Å². The maximum absolute atomic E-state index is 13.1. The molecule has 1 heterocycles. The molecule has 0 aliphatic rings. The summed E-state index contributed by atoms with van der Waals surface area (Å²) in [4.78, 5) is 6.66. The molecule has 4 heteroatoms. The number of aromatic nitrogens is 2. The maximum Gasteiger partial charge on any atom is 0.132 e. The summed E-state index contributed by atoms with van der Waals surface area (Å²) >= 11 is 0. The summed E-state index contributed by atoms with van der Waals surface area (Å²) in [6.45, 7) is 0. The van der Waals surface area contributed by atoms with Gasteiger partial charge in [-0.1, -0.05) is 12.1 Å². The largest absolute Gasteiger partial charge is 0.345 e. The lowest BCUT2D eigenvalue weighted by atomic mass is 10.1. The average Bonchev–Trinajstić information content (AvgIpc) is 2.57. The van der Waals surface area contributed by atoms with Gasteiger partial charge in [-0.25, -0.2) is 9.37 Å². The molecule has 0 radical (unpaired) electrons. The van der Waals surface area contributed by atoms with Crippen LogP contribution in [0.1, 0.15) is 0 Å². The number of rotatable bonds is 1. The fourth-order valence-corrected chi connectivity index (χ4v) is 1.08. The molecule has 0 amide bonds. The third-order valence-corrected chi connectivity index (χ3v) is 1.66. The second-order valence-electron chi connectivity index (χ2n) is 2.45. The molecule has 0 saturated carbocycles. The minimum Gasteiger partial charge on any atom is -0.345 e. The van der Waals surface area contributed by atoms with E-state index in [1.54, 1.807) is 24.4 Å². The maximum atomic E-state index is 13.1. The number of nitrogens with zero attached hydrogens (tertiary/aromatic N) is 1. The van der Waals surface area contributed by atoms with Crippen molar-refractivity contribution in [3.63, 3.8) is 0 Å². The Morgan fingerprint density at radius 1 is 1.23 bits per heavy atom. The van der Waals surface area contributed by atoms with Crippen LogP contribution in [0, 0.1) is 5.82 Å². The minimum absolute atomic E-state index is 0. The lowest BCUT2D eigenvalue weighted by molar-refractivity contribution is 0.631. The first kappa shape index (κ1) is 9.74. The van der Waals surface area contributed by atoms with Crippen molar-refractivity contribution in [2.45, 2.75) is 0 Å². The third kappa shape index (κ3) is 1.87. The van der Waals surface area contributed by atoms with Crippen molar-refractivity contribution in [3.05, 3.63) is 42.6 Å². The minimum atomic E-state index is -0.234. The van der Waals surface area contributed by atoms with Crippen LogP contribution in [0.5, 0.6) is 0 Å². The number of halogens is 2. The van der Waals surface area contributed by atoms with E-state index in [9.17, 15) is 4.39 Å². The van der Waals surface area contributed by atoms with Gasteiger partial charge >= 0.3 is 0 Å². The molecule has 0 aliphatic heterocycles. The van der Waals surface area contributed by atoms with Gasteiger partial charge in [0, 0.05) is 5.56 Å². The van der Waals surface area contributed by atoms with Crippen molar-refractivity contribution in [3.8, 4) is 11.3 Å². The Labute approximate surface area is 81.2 Å². The van der Waals surface area contributed by atoms with Gasteiger partial charge in [-0.2, -0.15) is 0 Å². The van der Waals surface area contributed by atoms with Crippen LogP contribution in [0.15, 0.2) is 36.8 Å². The van der Waals surface area contributed by atoms with Crippen molar-refractivity contribution >= 4 is 12.4 Å². The number of imidazole rings is 1. The predicted octanol–water partition coefficient (Wildman–Crippen LogP) is 2.64. The van der Waals surface area contributed by atoms with Crippen LogP contribution in [0.25, 0.3) is 11.3 Å². The van der Waals surface area contributed by atoms with Crippen LogP contribution in [-0.4, -0.2) is 9.97 Å². The fraction of sp³-hybridized carbons (Fsp3) is 0. The predicted molar refractivity (Wildman–Crippen MR) is 51.2 cm³/mol. The van der Waals surface area contributed by atoms with Crippen LogP contribution >= 0.6 is 12.4 Å². The Bertz CT molecular complexity index is 373. The normalized spacial score (nSPS) is 9.31. The topological polar surface area (TPSA) is 28.7 Å². The smallest absolute Gasteiger partial charge is 0.132 e. The summed E-state index contributed by atoms with van der Waals surface area (Å²) < 4.78 is 13.1. The molecule has 68 valence electrons. The molecule has 0 unspecified atom stereocenters. The summed E-state index contributed by atoms with van der Waals surface area (Å²) in [5.41, 5.74) is 1.25. The zero-order valence-corrected chi connectivity index (χ0v) is 7.51. The van der Waals surface area contributed by atoms with E-state index in [1.807, 2.05) is 0 Å². The fourth-order valence-electron chi connectivity index (χ4n) is 1.08. The molecule has 13 heavy (non-hydrogen) atoms. The molecule has 0 spiro atoms. The van der Waals surface area contributed by atoms with Gasteiger partial charge in [-0.05, 0) is 12.1 Å². The van der Waals surface area contributed by atoms with Gasteiger partial charge in [0.05, 0.1) is 18.2 Å². The lowest BCUT2D eigenvalue weighted by Crippen LogP contribution is -1.81. The van der Waals surface area contributed by atoms with Gasteiger partial charge in [-0.15, -0.1) is 12.4 Å². The lowest BCUT2D eigenvalue weighted by Gasteiger charge is -1.97. The number of nitrogens with one attached hydrogen (secondary N) is 1. The molecule has 0 bridgehead atoms. The molecule has 0 fully saturated rings. The van der Waals surface area contributed by atoms with Crippen molar-refractivity contribution in [1.82, 2.24) is 9.97 Å². The van der Waals surface area contributed by atoms with Crippen molar-refractivity contribution in [2.75, 3.05) is 0 Å². The molecular weight excluding hydrogens is 191 g/mol. The van der Waals surface area contributed by atoms with Crippen LogP contribution < -0.4 is 0 Å². The van der Waals surface area contributed by atoms with Crippen molar-refractivity contribution in [2.24, 2.45) is 0 Å². The van der Waals surface area contributed by atoms with E-state index < -0.39 is 0 Å². The molecular formula is C9H8ClFN2. The van der Waals surface area contributed by atoms with Crippen molar-refractivity contribution in [1.29, 1.82) is 0 Å². The summed E-state index contributed by atoms with van der Waals surface area (Å²) in [5.74, 6) is -0.234.